The van der Waals surface area contributed by atoms with Gasteiger partial charge in [-0.25, -0.2) is 0 Å². The molecule has 0 radical (unpaired) electrons. The second kappa shape index (κ2) is 8.84. The molecule has 1 aromatic heterocycles. The molecule has 1 unspecified atom stereocenters. The maximum atomic E-state index is 13.2. The Bertz CT molecular complexity index is 1060. The first kappa shape index (κ1) is 20.4. The van der Waals surface area contributed by atoms with Gasteiger partial charge < -0.3 is 10.1 Å². The summed E-state index contributed by atoms with van der Waals surface area (Å²) in [6.07, 6.45) is 2.39. The van der Waals surface area contributed by atoms with Gasteiger partial charge in [0.05, 0.1) is 24.2 Å². The second-order valence-electron chi connectivity index (χ2n) is 8.08. The third kappa shape index (κ3) is 4.31. The molecule has 0 bridgehead atoms. The van der Waals surface area contributed by atoms with Crippen molar-refractivity contribution in [1.82, 2.24) is 15.2 Å². The van der Waals surface area contributed by atoms with Crippen molar-refractivity contribution in [2.24, 2.45) is 0 Å². The van der Waals surface area contributed by atoms with Gasteiger partial charge in [0.15, 0.2) is 0 Å². The van der Waals surface area contributed by atoms with E-state index in [0.717, 1.165) is 41.0 Å². The fraction of sp³-hybridized carbons (Fsp3) is 0.360. The highest BCUT2D eigenvalue weighted by Crippen LogP contribution is 2.27. The molecule has 30 heavy (non-hydrogen) atoms. The Balaban J connectivity index is 1.60. The number of likely N-dealkylation sites (tertiary alicyclic amines) is 1. The van der Waals surface area contributed by atoms with Gasteiger partial charge in [-0.2, -0.15) is 0 Å². The summed E-state index contributed by atoms with van der Waals surface area (Å²) < 4.78 is 5.42. The lowest BCUT2D eigenvalue weighted by molar-refractivity contribution is 0.0939. The van der Waals surface area contributed by atoms with Crippen molar-refractivity contribution in [1.29, 1.82) is 0 Å². The Hall–Kier alpha value is -2.92. The van der Waals surface area contributed by atoms with Crippen molar-refractivity contribution < 1.29 is 9.53 Å². The zero-order chi connectivity index (χ0) is 21.1. The number of carbonyl (C=O) groups is 1. The molecule has 1 N–H and O–H groups in total. The van der Waals surface area contributed by atoms with Gasteiger partial charge in [0, 0.05) is 17.6 Å². The normalized spacial score (nSPS) is 15.3. The molecule has 1 atom stereocenters. The van der Waals surface area contributed by atoms with Crippen LogP contribution in [-0.4, -0.2) is 42.5 Å². The SMILES string of the molecule is COc1cccc(C(CNC(=O)c2cc(C)nc3ccc(C)cc23)N2CCCC2)c1. The molecule has 5 heteroatoms. The lowest BCUT2D eigenvalue weighted by atomic mass is 10.0. The third-order valence-electron chi connectivity index (χ3n) is 5.85. The number of carbonyl (C=O) groups excluding carboxylic acids is 1. The molecule has 4 rings (SSSR count). The van der Waals surface area contributed by atoms with E-state index in [-0.39, 0.29) is 11.9 Å². The Morgan fingerprint density at radius 3 is 2.70 bits per heavy atom. The molecule has 1 saturated heterocycles. The van der Waals surface area contributed by atoms with Gasteiger partial charge in [0.2, 0.25) is 0 Å². The summed E-state index contributed by atoms with van der Waals surface area (Å²) in [5.74, 6) is 0.789. The number of aromatic nitrogens is 1. The average Bonchev–Trinajstić information content (AvgIpc) is 3.28. The van der Waals surface area contributed by atoms with Gasteiger partial charge >= 0.3 is 0 Å². The van der Waals surface area contributed by atoms with Crippen LogP contribution in [0.1, 0.15) is 46.1 Å². The number of hydrogen-bond acceptors (Lipinski definition) is 4. The van der Waals surface area contributed by atoms with Crippen molar-refractivity contribution in [2.45, 2.75) is 32.7 Å². The number of rotatable bonds is 6. The molecule has 0 aliphatic carbocycles. The van der Waals surface area contributed by atoms with Gasteiger partial charge in [0.25, 0.3) is 5.91 Å². The summed E-state index contributed by atoms with van der Waals surface area (Å²) in [5, 5.41) is 4.10. The van der Waals surface area contributed by atoms with Crippen LogP contribution in [0.5, 0.6) is 5.75 Å². The van der Waals surface area contributed by atoms with E-state index < -0.39 is 0 Å². The number of benzene rings is 2. The molecule has 2 aromatic carbocycles. The van der Waals surface area contributed by atoms with Gasteiger partial charge in [-0.05, 0) is 75.7 Å². The summed E-state index contributed by atoms with van der Waals surface area (Å²) in [6.45, 7) is 6.62. The first-order valence-electron chi connectivity index (χ1n) is 10.6. The van der Waals surface area contributed by atoms with Gasteiger partial charge in [-0.1, -0.05) is 23.8 Å². The van der Waals surface area contributed by atoms with E-state index in [1.165, 1.54) is 18.4 Å². The number of fused-ring (bicyclic) bond motifs is 1. The smallest absolute Gasteiger partial charge is 0.252 e. The van der Waals surface area contributed by atoms with E-state index in [0.29, 0.717) is 12.1 Å². The number of ether oxygens (including phenoxy) is 1. The van der Waals surface area contributed by atoms with Crippen LogP contribution in [0.4, 0.5) is 0 Å². The van der Waals surface area contributed by atoms with Crippen LogP contribution >= 0.6 is 0 Å². The Kier molecular flexibility index (Phi) is 6.00. The minimum absolute atomic E-state index is 0.0526. The van der Waals surface area contributed by atoms with Crippen LogP contribution in [0.3, 0.4) is 0 Å². The first-order valence-corrected chi connectivity index (χ1v) is 10.6. The maximum Gasteiger partial charge on any atom is 0.252 e. The molecule has 3 aromatic rings. The van der Waals surface area contributed by atoms with Crippen LogP contribution < -0.4 is 10.1 Å². The van der Waals surface area contributed by atoms with Crippen molar-refractivity contribution in [3.8, 4) is 5.75 Å². The van der Waals surface area contributed by atoms with Crippen LogP contribution in [0.2, 0.25) is 0 Å². The van der Waals surface area contributed by atoms with Gasteiger partial charge in [-0.15, -0.1) is 0 Å². The summed E-state index contributed by atoms with van der Waals surface area (Å²) in [7, 11) is 1.69. The monoisotopic (exact) mass is 403 g/mol. The topological polar surface area (TPSA) is 54.5 Å². The molecule has 1 amide bonds. The first-order chi connectivity index (χ1) is 14.5. The zero-order valence-electron chi connectivity index (χ0n) is 17.9. The molecule has 1 fully saturated rings. The van der Waals surface area contributed by atoms with E-state index in [4.69, 9.17) is 4.74 Å². The molecule has 0 saturated carbocycles. The van der Waals surface area contributed by atoms with E-state index in [2.05, 4.69) is 27.3 Å². The van der Waals surface area contributed by atoms with E-state index in [1.807, 2.05) is 50.2 Å². The minimum atomic E-state index is -0.0526. The van der Waals surface area contributed by atoms with Gasteiger partial charge in [-0.3, -0.25) is 14.7 Å². The number of pyridine rings is 1. The number of hydrogen-bond donors (Lipinski definition) is 1. The molecule has 156 valence electrons. The highest BCUT2D eigenvalue weighted by molar-refractivity contribution is 6.06. The van der Waals surface area contributed by atoms with E-state index in [1.54, 1.807) is 7.11 Å². The largest absolute Gasteiger partial charge is 0.497 e. The standard InChI is InChI=1S/C25H29N3O2/c1-17-9-10-23-21(13-17)22(14-18(2)27-23)25(29)26-16-24(28-11-4-5-12-28)19-7-6-8-20(15-19)30-3/h6-10,13-15,24H,4-5,11-12,16H2,1-3H3,(H,26,29). The molecule has 1 aliphatic rings. The van der Waals surface area contributed by atoms with Crippen LogP contribution in [0, 0.1) is 13.8 Å². The molecule has 2 heterocycles. The summed E-state index contributed by atoms with van der Waals surface area (Å²) >= 11 is 0. The lowest BCUT2D eigenvalue weighted by Crippen LogP contribution is -2.37. The van der Waals surface area contributed by atoms with Gasteiger partial charge in [0.1, 0.15) is 5.75 Å². The summed E-state index contributed by atoms with van der Waals surface area (Å²) in [4.78, 5) is 20.2. The summed E-state index contributed by atoms with van der Waals surface area (Å²) in [5.41, 5.74) is 4.68. The van der Waals surface area contributed by atoms with Crippen molar-refractivity contribution >= 4 is 16.8 Å². The van der Waals surface area contributed by atoms with Crippen molar-refractivity contribution in [3.63, 3.8) is 0 Å². The van der Waals surface area contributed by atoms with Crippen LogP contribution in [-0.2, 0) is 0 Å². The number of aryl methyl sites for hydroxylation is 2. The highest BCUT2D eigenvalue weighted by Gasteiger charge is 2.25. The number of methoxy groups -OCH3 is 1. The van der Waals surface area contributed by atoms with Crippen LogP contribution in [0.15, 0.2) is 48.5 Å². The Morgan fingerprint density at radius 2 is 1.93 bits per heavy atom. The average molecular weight is 404 g/mol. The fourth-order valence-corrected chi connectivity index (χ4v) is 4.30. The summed E-state index contributed by atoms with van der Waals surface area (Å²) in [6, 6.07) is 16.2. The highest BCUT2D eigenvalue weighted by atomic mass is 16.5. The van der Waals surface area contributed by atoms with E-state index >= 15 is 0 Å². The number of nitrogens with one attached hydrogen (secondary N) is 1. The predicted octanol–water partition coefficient (Wildman–Crippen LogP) is 4.43. The Labute approximate surface area is 178 Å². The number of nitrogens with zero attached hydrogens (tertiary/aromatic N) is 2. The third-order valence-corrected chi connectivity index (χ3v) is 5.85. The molecular formula is C25H29N3O2. The van der Waals surface area contributed by atoms with Crippen LogP contribution in [0.25, 0.3) is 10.9 Å². The lowest BCUT2D eigenvalue weighted by Gasteiger charge is -2.28. The predicted molar refractivity (Wildman–Crippen MR) is 120 cm³/mol. The number of amides is 1. The van der Waals surface area contributed by atoms with Crippen molar-refractivity contribution in [3.05, 3.63) is 70.9 Å². The van der Waals surface area contributed by atoms with E-state index in [9.17, 15) is 4.79 Å². The molecule has 5 nitrogen and oxygen atoms in total. The maximum absolute atomic E-state index is 13.2. The molecule has 0 spiro atoms. The second-order valence-corrected chi connectivity index (χ2v) is 8.08. The fourth-order valence-electron chi connectivity index (χ4n) is 4.30. The molecular weight excluding hydrogens is 374 g/mol. The van der Waals surface area contributed by atoms with Crippen molar-refractivity contribution in [2.75, 3.05) is 26.7 Å². The minimum Gasteiger partial charge on any atom is -0.497 e. The Morgan fingerprint density at radius 1 is 1.13 bits per heavy atom. The zero-order valence-corrected chi connectivity index (χ0v) is 17.9. The quantitative estimate of drug-likeness (QED) is 0.662. The molecule has 1 aliphatic heterocycles.